The summed E-state index contributed by atoms with van der Waals surface area (Å²) in [5, 5.41) is 7.67. The molecule has 0 aliphatic carbocycles. The average molecular weight is 657 g/mol. The maximum absolute atomic E-state index is 13.7. The van der Waals surface area contributed by atoms with Crippen LogP contribution in [0.5, 0.6) is 0 Å². The molecule has 9 nitrogen and oxygen atoms in total. The lowest BCUT2D eigenvalue weighted by Gasteiger charge is -2.24. The number of anilines is 1. The van der Waals surface area contributed by atoms with Gasteiger partial charge in [0.1, 0.15) is 6.54 Å². The number of benzene rings is 3. The van der Waals surface area contributed by atoms with E-state index in [4.69, 9.17) is 21.5 Å². The number of amides is 3. The van der Waals surface area contributed by atoms with Gasteiger partial charge in [-0.25, -0.2) is 4.79 Å². The standard InChI is InChI=1S/C31H31ClN4O3.C2HF3O2/c1-33(2)18-23-7-10-26-20-35(31(39)25-11-13-27(32)14-12-25)21-29(37)36(28(26)17-23)19-22-5-8-24(9-6-22)30(38)34-15-3-4-16-34;3-2(4,5)1(6)7/h3-14,17H,15-16,18-21H2,1-2H3;(H,6,7). The first-order valence-corrected chi connectivity index (χ1v) is 14.6. The first-order valence-electron chi connectivity index (χ1n) is 14.2. The summed E-state index contributed by atoms with van der Waals surface area (Å²) >= 11 is 6.01. The van der Waals surface area contributed by atoms with E-state index < -0.39 is 12.1 Å². The average Bonchev–Trinajstić information content (AvgIpc) is 3.51. The quantitative estimate of drug-likeness (QED) is 0.365. The Kier molecular flexibility index (Phi) is 10.9. The largest absolute Gasteiger partial charge is 0.490 e. The number of nitrogens with zero attached hydrogens (tertiary/aromatic N) is 4. The lowest BCUT2D eigenvalue weighted by atomic mass is 10.1. The van der Waals surface area contributed by atoms with Crippen molar-refractivity contribution < 1.29 is 37.5 Å². The summed E-state index contributed by atoms with van der Waals surface area (Å²) in [6.07, 6.45) is -1.11. The van der Waals surface area contributed by atoms with Gasteiger partial charge in [0.2, 0.25) is 5.91 Å². The van der Waals surface area contributed by atoms with E-state index in [-0.39, 0.29) is 24.3 Å². The number of carbonyl (C=O) groups is 4. The fraction of sp³-hybridized carbons (Fsp3) is 0.273. The Balaban J connectivity index is 0.000000617. The lowest BCUT2D eigenvalue weighted by Crippen LogP contribution is -2.39. The summed E-state index contributed by atoms with van der Waals surface area (Å²) in [7, 11) is 4.00. The van der Waals surface area contributed by atoms with Gasteiger partial charge in [-0.15, -0.1) is 0 Å². The zero-order valence-corrected chi connectivity index (χ0v) is 25.9. The number of aliphatic carboxylic acids is 1. The molecule has 3 amide bonds. The Hall–Kier alpha value is -4.68. The van der Waals surface area contributed by atoms with E-state index in [1.165, 1.54) is 0 Å². The SMILES string of the molecule is CN(C)Cc1ccc2c(c1)N(Cc1ccc(C(=O)N3CC=CC3)cc1)C(=O)CN(C(=O)c1ccc(Cl)cc1)C2.O=C(O)C(F)(F)F. The van der Waals surface area contributed by atoms with Crippen LogP contribution >= 0.6 is 11.6 Å². The molecule has 0 atom stereocenters. The first-order chi connectivity index (χ1) is 21.7. The van der Waals surface area contributed by atoms with Gasteiger partial charge in [-0.3, -0.25) is 14.4 Å². The second-order valence-corrected chi connectivity index (χ2v) is 11.5. The Morgan fingerprint density at radius 2 is 1.35 bits per heavy atom. The van der Waals surface area contributed by atoms with Crippen molar-refractivity contribution in [3.05, 3.63) is 112 Å². The molecule has 0 saturated heterocycles. The van der Waals surface area contributed by atoms with E-state index in [9.17, 15) is 27.6 Å². The fourth-order valence-electron chi connectivity index (χ4n) is 4.96. The number of halogens is 4. The highest BCUT2D eigenvalue weighted by Crippen LogP contribution is 2.30. The third-order valence-electron chi connectivity index (χ3n) is 7.20. The van der Waals surface area contributed by atoms with Crippen LogP contribution in [0.1, 0.15) is 37.4 Å². The van der Waals surface area contributed by atoms with Crippen LogP contribution in [0, 0.1) is 0 Å². The molecule has 2 heterocycles. The van der Waals surface area contributed by atoms with E-state index in [1.54, 1.807) is 39.0 Å². The molecule has 0 aromatic heterocycles. The molecule has 2 aliphatic heterocycles. The second kappa shape index (κ2) is 14.6. The molecule has 13 heteroatoms. The predicted molar refractivity (Wildman–Crippen MR) is 166 cm³/mol. The topological polar surface area (TPSA) is 101 Å². The van der Waals surface area contributed by atoms with Crippen LogP contribution in [-0.4, -0.2) is 83.4 Å². The van der Waals surface area contributed by atoms with Crippen LogP contribution in [0.25, 0.3) is 0 Å². The third kappa shape index (κ3) is 8.73. The van der Waals surface area contributed by atoms with E-state index in [2.05, 4.69) is 4.90 Å². The summed E-state index contributed by atoms with van der Waals surface area (Å²) in [5.74, 6) is -3.15. The minimum Gasteiger partial charge on any atom is -0.475 e. The fourth-order valence-corrected chi connectivity index (χ4v) is 5.08. The third-order valence-corrected chi connectivity index (χ3v) is 7.45. The van der Waals surface area contributed by atoms with Gasteiger partial charge in [-0.05, 0) is 73.3 Å². The number of hydrogen-bond donors (Lipinski definition) is 1. The molecule has 3 aromatic carbocycles. The minimum atomic E-state index is -5.08. The summed E-state index contributed by atoms with van der Waals surface area (Å²) in [5.41, 5.74) is 4.79. The predicted octanol–water partition coefficient (Wildman–Crippen LogP) is 5.24. The molecule has 1 N–H and O–H groups in total. The van der Waals surface area contributed by atoms with Crippen molar-refractivity contribution in [3.8, 4) is 0 Å². The Labute approximate surface area is 269 Å². The van der Waals surface area contributed by atoms with Crippen LogP contribution in [0.3, 0.4) is 0 Å². The molecule has 0 saturated carbocycles. The van der Waals surface area contributed by atoms with Crippen LogP contribution in [0.2, 0.25) is 5.02 Å². The van der Waals surface area contributed by atoms with Crippen molar-refractivity contribution in [2.45, 2.75) is 25.8 Å². The highest BCUT2D eigenvalue weighted by molar-refractivity contribution is 6.30. The van der Waals surface area contributed by atoms with Gasteiger partial charge in [0.15, 0.2) is 0 Å². The number of carbonyl (C=O) groups excluding carboxylic acids is 3. The molecular weight excluding hydrogens is 625 g/mol. The summed E-state index contributed by atoms with van der Waals surface area (Å²) < 4.78 is 31.7. The highest BCUT2D eigenvalue weighted by atomic mass is 35.5. The van der Waals surface area contributed by atoms with Crippen molar-refractivity contribution in [2.24, 2.45) is 0 Å². The maximum Gasteiger partial charge on any atom is 0.490 e. The van der Waals surface area contributed by atoms with Crippen molar-refractivity contribution in [3.63, 3.8) is 0 Å². The zero-order chi connectivity index (χ0) is 33.6. The van der Waals surface area contributed by atoms with Gasteiger partial charge in [0, 0.05) is 48.0 Å². The van der Waals surface area contributed by atoms with Crippen LogP contribution in [0.15, 0.2) is 78.9 Å². The molecule has 2 aliphatic rings. The van der Waals surface area contributed by atoms with E-state index >= 15 is 0 Å². The molecule has 0 spiro atoms. The van der Waals surface area contributed by atoms with Crippen molar-refractivity contribution in [2.75, 3.05) is 38.6 Å². The van der Waals surface area contributed by atoms with Gasteiger partial charge < -0.3 is 24.7 Å². The Morgan fingerprint density at radius 3 is 1.89 bits per heavy atom. The Bertz CT molecular complexity index is 1620. The van der Waals surface area contributed by atoms with Gasteiger partial charge in [0.05, 0.1) is 6.54 Å². The van der Waals surface area contributed by atoms with Gasteiger partial charge >= 0.3 is 12.1 Å². The monoisotopic (exact) mass is 656 g/mol. The van der Waals surface area contributed by atoms with E-state index in [0.717, 1.165) is 28.9 Å². The van der Waals surface area contributed by atoms with Gasteiger partial charge in [-0.1, -0.05) is 48.0 Å². The Morgan fingerprint density at radius 1 is 0.826 bits per heavy atom. The van der Waals surface area contributed by atoms with Crippen molar-refractivity contribution in [1.29, 1.82) is 0 Å². The molecule has 0 bridgehead atoms. The number of rotatable bonds is 6. The number of fused-ring (bicyclic) bond motifs is 1. The minimum absolute atomic E-state index is 0.00701. The maximum atomic E-state index is 13.7. The van der Waals surface area contributed by atoms with Crippen LogP contribution in [0.4, 0.5) is 18.9 Å². The summed E-state index contributed by atoms with van der Waals surface area (Å²) in [6.45, 7) is 2.58. The second-order valence-electron chi connectivity index (χ2n) is 11.0. The van der Waals surface area contributed by atoms with Gasteiger partial charge in [0.25, 0.3) is 11.8 Å². The highest BCUT2D eigenvalue weighted by Gasteiger charge is 2.38. The number of hydrogen-bond acceptors (Lipinski definition) is 5. The van der Waals surface area contributed by atoms with Crippen molar-refractivity contribution >= 4 is 41.0 Å². The van der Waals surface area contributed by atoms with Crippen LogP contribution in [-0.2, 0) is 29.2 Å². The van der Waals surface area contributed by atoms with Crippen molar-refractivity contribution in [1.82, 2.24) is 14.7 Å². The molecule has 0 unspecified atom stereocenters. The molecule has 0 radical (unpaired) electrons. The summed E-state index contributed by atoms with van der Waals surface area (Å²) in [6, 6.07) is 20.2. The summed E-state index contributed by atoms with van der Waals surface area (Å²) in [4.78, 5) is 55.9. The van der Waals surface area contributed by atoms with Crippen LogP contribution < -0.4 is 4.90 Å². The number of alkyl halides is 3. The smallest absolute Gasteiger partial charge is 0.475 e. The number of carboxylic acid groups (broad SMARTS) is 1. The molecule has 5 rings (SSSR count). The normalized spacial score (nSPS) is 14.5. The number of carboxylic acids is 1. The lowest BCUT2D eigenvalue weighted by molar-refractivity contribution is -0.192. The van der Waals surface area contributed by atoms with E-state index in [1.807, 2.05) is 68.7 Å². The molecular formula is C33H32ClF3N4O5. The zero-order valence-electron chi connectivity index (χ0n) is 25.1. The first kappa shape index (κ1) is 34.2. The molecule has 242 valence electrons. The van der Waals surface area contributed by atoms with E-state index in [0.29, 0.717) is 42.3 Å². The van der Waals surface area contributed by atoms with Gasteiger partial charge in [-0.2, -0.15) is 13.2 Å². The molecule has 0 fully saturated rings. The molecule has 46 heavy (non-hydrogen) atoms. The molecule has 3 aromatic rings.